The standard InChI is InChI=1S/C14H20O2/c1-11(2)13-7-3-4-8-14(13)16-10-12-6-5-9-15-12/h3-4,7-8,11-12H,5-6,9-10H2,1-2H3. The van der Waals surface area contributed by atoms with E-state index in [0.717, 1.165) is 18.8 Å². The molecule has 1 aromatic rings. The number of ether oxygens (including phenoxy) is 2. The Kier molecular flexibility index (Phi) is 3.83. The molecule has 88 valence electrons. The molecule has 16 heavy (non-hydrogen) atoms. The fourth-order valence-corrected chi connectivity index (χ4v) is 2.05. The van der Waals surface area contributed by atoms with Gasteiger partial charge in [-0.25, -0.2) is 0 Å². The third-order valence-electron chi connectivity index (χ3n) is 2.99. The van der Waals surface area contributed by atoms with Gasteiger partial charge in [0.2, 0.25) is 0 Å². The zero-order valence-electron chi connectivity index (χ0n) is 10.1. The van der Waals surface area contributed by atoms with Crippen molar-refractivity contribution < 1.29 is 9.47 Å². The Morgan fingerprint density at radius 3 is 2.88 bits per heavy atom. The van der Waals surface area contributed by atoms with Gasteiger partial charge in [0.05, 0.1) is 6.10 Å². The van der Waals surface area contributed by atoms with Gasteiger partial charge in [0, 0.05) is 6.61 Å². The number of rotatable bonds is 4. The van der Waals surface area contributed by atoms with Gasteiger partial charge in [0.1, 0.15) is 12.4 Å². The molecule has 0 spiro atoms. The van der Waals surface area contributed by atoms with E-state index < -0.39 is 0 Å². The largest absolute Gasteiger partial charge is 0.491 e. The van der Waals surface area contributed by atoms with Crippen molar-refractivity contribution in [3.63, 3.8) is 0 Å². The van der Waals surface area contributed by atoms with Crippen molar-refractivity contribution in [1.29, 1.82) is 0 Å². The van der Waals surface area contributed by atoms with Crippen LogP contribution in [0.15, 0.2) is 24.3 Å². The molecular formula is C14H20O2. The Morgan fingerprint density at radius 1 is 1.38 bits per heavy atom. The van der Waals surface area contributed by atoms with Crippen molar-refractivity contribution in [3.8, 4) is 5.75 Å². The van der Waals surface area contributed by atoms with Crippen LogP contribution in [0, 0.1) is 0 Å². The number of benzene rings is 1. The molecule has 0 saturated carbocycles. The van der Waals surface area contributed by atoms with Crippen LogP contribution in [0.3, 0.4) is 0 Å². The normalized spacial score (nSPS) is 20.3. The average Bonchev–Trinajstić information content (AvgIpc) is 2.79. The van der Waals surface area contributed by atoms with Crippen LogP contribution in [0.1, 0.15) is 38.2 Å². The van der Waals surface area contributed by atoms with E-state index in [0.29, 0.717) is 18.6 Å². The van der Waals surface area contributed by atoms with Crippen LogP contribution < -0.4 is 4.74 Å². The van der Waals surface area contributed by atoms with Crippen LogP contribution in [0.2, 0.25) is 0 Å². The molecule has 2 heteroatoms. The monoisotopic (exact) mass is 220 g/mol. The maximum atomic E-state index is 5.86. The summed E-state index contributed by atoms with van der Waals surface area (Å²) in [7, 11) is 0. The van der Waals surface area contributed by atoms with Crippen LogP contribution in [0.5, 0.6) is 5.75 Å². The predicted octanol–water partition coefficient (Wildman–Crippen LogP) is 3.37. The molecule has 2 nitrogen and oxygen atoms in total. The summed E-state index contributed by atoms with van der Waals surface area (Å²) in [5, 5.41) is 0. The molecule has 1 aliphatic rings. The molecule has 0 radical (unpaired) electrons. The molecule has 0 bridgehead atoms. The summed E-state index contributed by atoms with van der Waals surface area (Å²) < 4.78 is 11.4. The Balaban J connectivity index is 1.97. The second-order valence-electron chi connectivity index (χ2n) is 4.64. The number of para-hydroxylation sites is 1. The minimum absolute atomic E-state index is 0.292. The fraction of sp³-hybridized carbons (Fsp3) is 0.571. The number of hydrogen-bond acceptors (Lipinski definition) is 2. The lowest BCUT2D eigenvalue weighted by molar-refractivity contribution is 0.0675. The Labute approximate surface area is 97.6 Å². The Bertz CT molecular complexity index is 327. The first kappa shape index (κ1) is 11.5. The first-order valence-corrected chi connectivity index (χ1v) is 6.10. The highest BCUT2D eigenvalue weighted by atomic mass is 16.5. The highest BCUT2D eigenvalue weighted by Crippen LogP contribution is 2.26. The van der Waals surface area contributed by atoms with Gasteiger partial charge in [-0.05, 0) is 30.4 Å². The zero-order chi connectivity index (χ0) is 11.4. The van der Waals surface area contributed by atoms with Crippen molar-refractivity contribution in [2.75, 3.05) is 13.2 Å². The molecule has 0 N–H and O–H groups in total. The van der Waals surface area contributed by atoms with E-state index in [1.807, 2.05) is 12.1 Å². The zero-order valence-corrected chi connectivity index (χ0v) is 10.1. The maximum Gasteiger partial charge on any atom is 0.122 e. The molecule has 0 amide bonds. The lowest BCUT2D eigenvalue weighted by atomic mass is 10.0. The summed E-state index contributed by atoms with van der Waals surface area (Å²) in [5.74, 6) is 1.51. The lowest BCUT2D eigenvalue weighted by Gasteiger charge is -2.16. The predicted molar refractivity (Wildman–Crippen MR) is 65.0 cm³/mol. The molecule has 2 rings (SSSR count). The SMILES string of the molecule is CC(C)c1ccccc1OCC1CCCO1. The quantitative estimate of drug-likeness (QED) is 0.774. The second-order valence-corrected chi connectivity index (χ2v) is 4.64. The van der Waals surface area contributed by atoms with E-state index in [4.69, 9.17) is 9.47 Å². The number of hydrogen-bond donors (Lipinski definition) is 0. The van der Waals surface area contributed by atoms with E-state index >= 15 is 0 Å². The summed E-state index contributed by atoms with van der Waals surface area (Å²) in [6.07, 6.45) is 2.59. The van der Waals surface area contributed by atoms with Crippen molar-refractivity contribution in [2.24, 2.45) is 0 Å². The van der Waals surface area contributed by atoms with Gasteiger partial charge in [-0.2, -0.15) is 0 Å². The van der Waals surface area contributed by atoms with E-state index in [9.17, 15) is 0 Å². The molecule has 1 heterocycles. The van der Waals surface area contributed by atoms with Crippen molar-refractivity contribution in [2.45, 2.75) is 38.7 Å². The third-order valence-corrected chi connectivity index (χ3v) is 2.99. The van der Waals surface area contributed by atoms with Gasteiger partial charge in [-0.3, -0.25) is 0 Å². The molecular weight excluding hydrogens is 200 g/mol. The molecule has 1 fully saturated rings. The van der Waals surface area contributed by atoms with Crippen LogP contribution in [-0.2, 0) is 4.74 Å². The molecule has 1 saturated heterocycles. The second kappa shape index (κ2) is 5.35. The Hall–Kier alpha value is -1.02. The minimum atomic E-state index is 0.292. The van der Waals surface area contributed by atoms with E-state index in [-0.39, 0.29) is 0 Å². The van der Waals surface area contributed by atoms with E-state index in [1.165, 1.54) is 12.0 Å². The van der Waals surface area contributed by atoms with Gasteiger partial charge in [0.15, 0.2) is 0 Å². The smallest absolute Gasteiger partial charge is 0.122 e. The molecule has 1 atom stereocenters. The Morgan fingerprint density at radius 2 is 2.19 bits per heavy atom. The summed E-state index contributed by atoms with van der Waals surface area (Å²) in [6.45, 7) is 5.95. The van der Waals surface area contributed by atoms with Crippen LogP contribution in [0.4, 0.5) is 0 Å². The van der Waals surface area contributed by atoms with Crippen LogP contribution in [0.25, 0.3) is 0 Å². The fourth-order valence-electron chi connectivity index (χ4n) is 2.05. The van der Waals surface area contributed by atoms with Gasteiger partial charge < -0.3 is 9.47 Å². The van der Waals surface area contributed by atoms with Crippen molar-refractivity contribution in [1.82, 2.24) is 0 Å². The average molecular weight is 220 g/mol. The van der Waals surface area contributed by atoms with E-state index in [1.54, 1.807) is 0 Å². The summed E-state index contributed by atoms with van der Waals surface area (Å²) in [4.78, 5) is 0. The molecule has 1 unspecified atom stereocenters. The van der Waals surface area contributed by atoms with Gasteiger partial charge in [0.25, 0.3) is 0 Å². The third kappa shape index (κ3) is 2.76. The van der Waals surface area contributed by atoms with Crippen LogP contribution >= 0.6 is 0 Å². The topological polar surface area (TPSA) is 18.5 Å². The molecule has 1 aliphatic heterocycles. The summed E-state index contributed by atoms with van der Waals surface area (Å²) in [5.41, 5.74) is 1.28. The first-order chi connectivity index (χ1) is 7.77. The van der Waals surface area contributed by atoms with Crippen LogP contribution in [-0.4, -0.2) is 19.3 Å². The van der Waals surface area contributed by atoms with Gasteiger partial charge >= 0.3 is 0 Å². The van der Waals surface area contributed by atoms with Gasteiger partial charge in [-0.1, -0.05) is 32.0 Å². The molecule has 1 aromatic carbocycles. The molecule has 0 aliphatic carbocycles. The van der Waals surface area contributed by atoms with Crippen molar-refractivity contribution >= 4 is 0 Å². The van der Waals surface area contributed by atoms with Gasteiger partial charge in [-0.15, -0.1) is 0 Å². The highest BCUT2D eigenvalue weighted by molar-refractivity contribution is 5.35. The first-order valence-electron chi connectivity index (χ1n) is 6.10. The van der Waals surface area contributed by atoms with E-state index in [2.05, 4.69) is 26.0 Å². The minimum Gasteiger partial charge on any atom is -0.491 e. The maximum absolute atomic E-state index is 5.86. The molecule has 0 aromatic heterocycles. The van der Waals surface area contributed by atoms with Crippen molar-refractivity contribution in [3.05, 3.63) is 29.8 Å². The summed E-state index contributed by atoms with van der Waals surface area (Å²) >= 11 is 0. The lowest BCUT2D eigenvalue weighted by Crippen LogP contribution is -2.16. The summed E-state index contributed by atoms with van der Waals surface area (Å²) in [6, 6.07) is 8.27. The highest BCUT2D eigenvalue weighted by Gasteiger charge is 2.16.